The lowest BCUT2D eigenvalue weighted by atomic mass is 9.97. The summed E-state index contributed by atoms with van der Waals surface area (Å²) in [7, 11) is -2.17. The number of primary amides is 1. The predicted molar refractivity (Wildman–Crippen MR) is 98.0 cm³/mol. The van der Waals surface area contributed by atoms with Gasteiger partial charge in [0.05, 0.1) is 10.8 Å². The molecule has 0 aromatic heterocycles. The molecule has 0 bridgehead atoms. The largest absolute Gasteiger partial charge is 0.369 e. The minimum atomic E-state index is -3.50. The lowest BCUT2D eigenvalue weighted by Gasteiger charge is -2.31. The van der Waals surface area contributed by atoms with E-state index >= 15 is 0 Å². The van der Waals surface area contributed by atoms with Crippen LogP contribution in [-0.4, -0.2) is 58.4 Å². The molecule has 144 valence electrons. The second kappa shape index (κ2) is 9.11. The molecule has 0 aliphatic carbocycles. The molecule has 0 radical (unpaired) electrons. The van der Waals surface area contributed by atoms with Crippen LogP contribution in [0.4, 0.5) is 0 Å². The maximum absolute atomic E-state index is 12.1. The normalized spacial score (nSPS) is 18.4. The van der Waals surface area contributed by atoms with Gasteiger partial charge in [-0.1, -0.05) is 0 Å². The first kappa shape index (κ1) is 20.3. The minimum Gasteiger partial charge on any atom is -0.369 e. The summed E-state index contributed by atoms with van der Waals surface area (Å²) in [6.07, 6.45) is 2.58. The summed E-state index contributed by atoms with van der Waals surface area (Å²) < 4.78 is 25.6. The van der Waals surface area contributed by atoms with Crippen molar-refractivity contribution >= 4 is 21.8 Å². The second-order valence-corrected chi connectivity index (χ2v) is 8.27. The number of likely N-dealkylation sites (tertiary alicyclic amines) is 1. The fraction of sp³-hybridized carbons (Fsp3) is 0.529. The van der Waals surface area contributed by atoms with Gasteiger partial charge in [0.15, 0.2) is 0 Å². The number of hydrogen-bond acceptors (Lipinski definition) is 5. The van der Waals surface area contributed by atoms with Crippen molar-refractivity contribution < 1.29 is 18.0 Å². The Bertz CT molecular complexity index is 734. The van der Waals surface area contributed by atoms with Gasteiger partial charge in [-0.05, 0) is 63.7 Å². The van der Waals surface area contributed by atoms with Gasteiger partial charge in [0.2, 0.25) is 15.9 Å². The number of amides is 2. The fourth-order valence-electron chi connectivity index (χ4n) is 3.00. The molecule has 26 heavy (non-hydrogen) atoms. The first-order valence-corrected chi connectivity index (χ1v) is 10.2. The monoisotopic (exact) mass is 382 g/mol. The Morgan fingerprint density at radius 2 is 1.96 bits per heavy atom. The van der Waals surface area contributed by atoms with Gasteiger partial charge in [-0.3, -0.25) is 9.59 Å². The topological polar surface area (TPSA) is 122 Å². The molecule has 8 nitrogen and oxygen atoms in total. The number of hydrogen-bond donors (Lipinski definition) is 3. The van der Waals surface area contributed by atoms with E-state index in [9.17, 15) is 18.0 Å². The molecule has 1 fully saturated rings. The average molecular weight is 382 g/mol. The van der Waals surface area contributed by atoms with Crippen LogP contribution in [0.5, 0.6) is 0 Å². The van der Waals surface area contributed by atoms with Gasteiger partial charge in [-0.15, -0.1) is 0 Å². The number of nitrogens with zero attached hydrogens (tertiary/aromatic N) is 1. The van der Waals surface area contributed by atoms with Crippen LogP contribution in [0.15, 0.2) is 29.2 Å². The molecule has 0 spiro atoms. The van der Waals surface area contributed by atoms with E-state index < -0.39 is 10.0 Å². The molecule has 1 aliphatic rings. The Kier molecular flexibility index (Phi) is 7.13. The zero-order chi connectivity index (χ0) is 19.2. The lowest BCUT2D eigenvalue weighted by molar-refractivity contribution is -0.123. The van der Waals surface area contributed by atoms with Crippen LogP contribution in [0.1, 0.15) is 29.6 Å². The van der Waals surface area contributed by atoms with E-state index in [0.29, 0.717) is 18.7 Å². The van der Waals surface area contributed by atoms with Crippen molar-refractivity contribution in [3.8, 4) is 0 Å². The summed E-state index contributed by atoms with van der Waals surface area (Å²) in [4.78, 5) is 25.7. The number of rotatable bonds is 8. The summed E-state index contributed by atoms with van der Waals surface area (Å²) in [5.41, 5.74) is 5.78. The Morgan fingerprint density at radius 1 is 1.27 bits per heavy atom. The number of sulfonamides is 1. The molecule has 2 amide bonds. The second-order valence-electron chi connectivity index (χ2n) is 6.38. The molecule has 2 rings (SSSR count). The molecule has 1 unspecified atom stereocenters. The number of carbonyl (C=O) groups excluding carboxylic acids is 2. The highest BCUT2D eigenvalue weighted by atomic mass is 32.2. The summed E-state index contributed by atoms with van der Waals surface area (Å²) in [6, 6.07) is 5.78. The van der Waals surface area contributed by atoms with Crippen molar-refractivity contribution in [2.24, 2.45) is 11.7 Å². The Balaban J connectivity index is 1.76. The van der Waals surface area contributed by atoms with Gasteiger partial charge in [0.25, 0.3) is 5.91 Å². The maximum Gasteiger partial charge on any atom is 0.251 e. The van der Waals surface area contributed by atoms with E-state index in [0.717, 1.165) is 32.4 Å². The van der Waals surface area contributed by atoms with E-state index in [1.54, 1.807) is 0 Å². The molecule has 1 aromatic rings. The maximum atomic E-state index is 12.1. The molecule has 1 saturated heterocycles. The molecule has 9 heteroatoms. The standard InChI is InChI=1S/C17H26N4O4S/c1-19-26(24,25)15-7-5-13(6-8-15)17(23)20-9-3-11-21-10-2-4-14(12-21)16(18)22/h5-8,14,19H,2-4,9-12H2,1H3,(H2,18,22)(H,20,23). The van der Waals surface area contributed by atoms with Gasteiger partial charge in [0.1, 0.15) is 0 Å². The minimum absolute atomic E-state index is 0.0780. The van der Waals surface area contributed by atoms with Crippen LogP contribution in [-0.2, 0) is 14.8 Å². The van der Waals surface area contributed by atoms with Crippen molar-refractivity contribution in [3.05, 3.63) is 29.8 Å². The van der Waals surface area contributed by atoms with Crippen LogP contribution in [0.2, 0.25) is 0 Å². The number of carbonyl (C=O) groups is 2. The van der Waals surface area contributed by atoms with Gasteiger partial charge < -0.3 is 16.0 Å². The summed E-state index contributed by atoms with van der Waals surface area (Å²) >= 11 is 0. The molecule has 1 aliphatic heterocycles. The molecular formula is C17H26N4O4S. The third-order valence-electron chi connectivity index (χ3n) is 4.54. The molecule has 4 N–H and O–H groups in total. The first-order valence-electron chi connectivity index (χ1n) is 8.67. The summed E-state index contributed by atoms with van der Waals surface area (Å²) in [5.74, 6) is -0.565. The van der Waals surface area contributed by atoms with E-state index in [1.165, 1.54) is 31.3 Å². The Labute approximate surface area is 154 Å². The summed E-state index contributed by atoms with van der Waals surface area (Å²) in [6.45, 7) is 2.93. The highest BCUT2D eigenvalue weighted by Crippen LogP contribution is 2.16. The van der Waals surface area contributed by atoms with Crippen LogP contribution in [0, 0.1) is 5.92 Å². The zero-order valence-electron chi connectivity index (χ0n) is 14.9. The van der Waals surface area contributed by atoms with Crippen LogP contribution >= 0.6 is 0 Å². The van der Waals surface area contributed by atoms with Gasteiger partial charge in [-0.25, -0.2) is 13.1 Å². The lowest BCUT2D eigenvalue weighted by Crippen LogP contribution is -2.42. The first-order chi connectivity index (χ1) is 12.3. The number of nitrogens with two attached hydrogens (primary N) is 1. The fourth-order valence-corrected chi connectivity index (χ4v) is 3.73. The zero-order valence-corrected chi connectivity index (χ0v) is 15.7. The van der Waals surface area contributed by atoms with Gasteiger partial charge >= 0.3 is 0 Å². The number of piperidine rings is 1. The summed E-state index contributed by atoms with van der Waals surface area (Å²) in [5, 5.41) is 2.82. The van der Waals surface area contributed by atoms with Gasteiger partial charge in [0, 0.05) is 18.7 Å². The molecule has 1 atom stereocenters. The van der Waals surface area contributed by atoms with Crippen molar-refractivity contribution in [2.75, 3.05) is 33.2 Å². The SMILES string of the molecule is CNS(=O)(=O)c1ccc(C(=O)NCCCN2CCCC(C(N)=O)C2)cc1. The molecule has 0 saturated carbocycles. The third-order valence-corrected chi connectivity index (χ3v) is 5.97. The quantitative estimate of drug-likeness (QED) is 0.543. The van der Waals surface area contributed by atoms with Crippen LogP contribution in [0.25, 0.3) is 0 Å². The van der Waals surface area contributed by atoms with E-state index in [-0.39, 0.29) is 22.6 Å². The van der Waals surface area contributed by atoms with Crippen LogP contribution in [0.3, 0.4) is 0 Å². The third kappa shape index (κ3) is 5.52. The highest BCUT2D eigenvalue weighted by molar-refractivity contribution is 7.89. The van der Waals surface area contributed by atoms with E-state index in [2.05, 4.69) is 14.9 Å². The average Bonchev–Trinajstić information content (AvgIpc) is 2.65. The van der Waals surface area contributed by atoms with Gasteiger partial charge in [-0.2, -0.15) is 0 Å². The van der Waals surface area contributed by atoms with E-state index in [4.69, 9.17) is 5.73 Å². The Morgan fingerprint density at radius 3 is 2.58 bits per heavy atom. The Hall–Kier alpha value is -1.97. The van der Waals surface area contributed by atoms with Crippen LogP contribution < -0.4 is 15.8 Å². The van der Waals surface area contributed by atoms with Crippen molar-refractivity contribution in [1.82, 2.24) is 14.9 Å². The number of benzene rings is 1. The van der Waals surface area contributed by atoms with Crippen molar-refractivity contribution in [3.63, 3.8) is 0 Å². The molecule has 1 aromatic carbocycles. The molecule has 1 heterocycles. The molecular weight excluding hydrogens is 356 g/mol. The number of nitrogens with one attached hydrogen (secondary N) is 2. The highest BCUT2D eigenvalue weighted by Gasteiger charge is 2.23. The van der Waals surface area contributed by atoms with E-state index in [1.807, 2.05) is 0 Å². The predicted octanol–water partition coefficient (Wildman–Crippen LogP) is -0.0881. The smallest absolute Gasteiger partial charge is 0.251 e. The van der Waals surface area contributed by atoms with Crippen molar-refractivity contribution in [2.45, 2.75) is 24.2 Å². The van der Waals surface area contributed by atoms with Crippen molar-refractivity contribution in [1.29, 1.82) is 0 Å².